The van der Waals surface area contributed by atoms with Gasteiger partial charge in [0.1, 0.15) is 11.5 Å². The number of rotatable bonds is 3. The maximum absolute atomic E-state index is 11.3. The molecule has 0 saturated carbocycles. The number of hydrogen-bond acceptors (Lipinski definition) is 2. The fourth-order valence-corrected chi connectivity index (χ4v) is 1.69. The Balaban J connectivity index is 2.25. The molecule has 0 bridgehead atoms. The highest BCUT2D eigenvalue weighted by molar-refractivity contribution is 5.94. The highest BCUT2D eigenvalue weighted by atomic mass is 16.5. The van der Waals surface area contributed by atoms with Crippen LogP contribution in [0.4, 0.5) is 0 Å². The normalized spacial score (nSPS) is 10.2. The second kappa shape index (κ2) is 5.05. The maximum atomic E-state index is 11.3. The molecule has 0 amide bonds. The largest absolute Gasteiger partial charge is 0.457 e. The quantitative estimate of drug-likeness (QED) is 0.748. The average Bonchev–Trinajstić information content (AvgIpc) is 2.34. The van der Waals surface area contributed by atoms with Gasteiger partial charge in [0.15, 0.2) is 5.78 Å². The van der Waals surface area contributed by atoms with Crippen molar-refractivity contribution in [1.29, 1.82) is 0 Å². The Morgan fingerprint density at radius 3 is 2.33 bits per heavy atom. The first kappa shape index (κ1) is 12.4. The third kappa shape index (κ3) is 2.77. The van der Waals surface area contributed by atoms with E-state index >= 15 is 0 Å². The van der Waals surface area contributed by atoms with Crippen LogP contribution in [0.3, 0.4) is 0 Å². The Morgan fingerprint density at radius 2 is 1.67 bits per heavy atom. The molecular formula is C16H16O2. The predicted octanol–water partition coefficient (Wildman–Crippen LogP) is 4.30. The van der Waals surface area contributed by atoms with Gasteiger partial charge < -0.3 is 4.74 Å². The minimum Gasteiger partial charge on any atom is -0.457 e. The molecule has 0 N–H and O–H groups in total. The minimum atomic E-state index is 0.0422. The lowest BCUT2D eigenvalue weighted by molar-refractivity contribution is 0.101. The van der Waals surface area contributed by atoms with E-state index in [0.29, 0.717) is 11.3 Å². The van der Waals surface area contributed by atoms with Gasteiger partial charge >= 0.3 is 0 Å². The van der Waals surface area contributed by atoms with Gasteiger partial charge in [0.05, 0.1) is 0 Å². The van der Waals surface area contributed by atoms with Crippen molar-refractivity contribution in [3.8, 4) is 11.5 Å². The van der Waals surface area contributed by atoms with Gasteiger partial charge in [-0.05, 0) is 56.2 Å². The number of Topliss-reactive ketones (excluding diaryl/α,β-unsaturated/α-hetero) is 1. The molecule has 0 saturated heterocycles. The van der Waals surface area contributed by atoms with E-state index < -0.39 is 0 Å². The number of ether oxygens (including phenoxy) is 1. The van der Waals surface area contributed by atoms with Gasteiger partial charge in [0.25, 0.3) is 0 Å². The van der Waals surface area contributed by atoms with Gasteiger partial charge in [-0.2, -0.15) is 0 Å². The molecule has 92 valence electrons. The van der Waals surface area contributed by atoms with E-state index in [1.54, 1.807) is 19.1 Å². The summed E-state index contributed by atoms with van der Waals surface area (Å²) in [5.41, 5.74) is 3.09. The fraction of sp³-hybridized carbons (Fsp3) is 0.188. The van der Waals surface area contributed by atoms with Crippen LogP contribution in [0.1, 0.15) is 28.4 Å². The van der Waals surface area contributed by atoms with Crippen LogP contribution < -0.4 is 4.74 Å². The van der Waals surface area contributed by atoms with Crippen LogP contribution in [0.15, 0.2) is 42.5 Å². The lowest BCUT2D eigenvalue weighted by Gasteiger charge is -2.08. The lowest BCUT2D eigenvalue weighted by atomic mass is 10.1. The van der Waals surface area contributed by atoms with E-state index in [2.05, 4.69) is 6.92 Å². The van der Waals surface area contributed by atoms with Crippen LogP contribution in [0.2, 0.25) is 0 Å². The van der Waals surface area contributed by atoms with Gasteiger partial charge in [-0.1, -0.05) is 18.2 Å². The Kier molecular flexibility index (Phi) is 3.47. The summed E-state index contributed by atoms with van der Waals surface area (Å²) in [5.74, 6) is 1.52. The number of carbonyl (C=O) groups is 1. The Morgan fingerprint density at radius 1 is 0.944 bits per heavy atom. The van der Waals surface area contributed by atoms with Gasteiger partial charge in [-0.3, -0.25) is 4.79 Å². The van der Waals surface area contributed by atoms with E-state index in [4.69, 9.17) is 4.74 Å². The van der Waals surface area contributed by atoms with Crippen LogP contribution in [0.5, 0.6) is 11.5 Å². The van der Waals surface area contributed by atoms with Crippen LogP contribution in [0.25, 0.3) is 0 Å². The zero-order valence-electron chi connectivity index (χ0n) is 10.9. The second-order valence-electron chi connectivity index (χ2n) is 4.43. The van der Waals surface area contributed by atoms with Crippen molar-refractivity contribution in [2.45, 2.75) is 20.8 Å². The molecule has 0 aliphatic heterocycles. The smallest absolute Gasteiger partial charge is 0.159 e. The molecule has 0 aliphatic carbocycles. The third-order valence-electron chi connectivity index (χ3n) is 2.95. The molecule has 2 aromatic rings. The SMILES string of the molecule is CC(=O)c1cccc(Oc2ccc(C)c(C)c2)c1. The molecule has 0 heterocycles. The highest BCUT2D eigenvalue weighted by Crippen LogP contribution is 2.24. The van der Waals surface area contributed by atoms with Gasteiger partial charge in [0.2, 0.25) is 0 Å². The number of hydrogen-bond donors (Lipinski definition) is 0. The number of aryl methyl sites for hydroxylation is 2. The summed E-state index contributed by atoms with van der Waals surface area (Å²) in [7, 11) is 0. The third-order valence-corrected chi connectivity index (χ3v) is 2.95. The molecule has 0 aliphatic rings. The molecule has 0 unspecified atom stereocenters. The molecular weight excluding hydrogens is 224 g/mol. The van der Waals surface area contributed by atoms with Crippen molar-refractivity contribution in [2.24, 2.45) is 0 Å². The minimum absolute atomic E-state index is 0.0422. The highest BCUT2D eigenvalue weighted by Gasteiger charge is 2.03. The molecule has 18 heavy (non-hydrogen) atoms. The molecule has 2 rings (SSSR count). The van der Waals surface area contributed by atoms with Gasteiger partial charge in [-0.15, -0.1) is 0 Å². The van der Waals surface area contributed by atoms with Crippen molar-refractivity contribution in [2.75, 3.05) is 0 Å². The van der Waals surface area contributed by atoms with Crippen molar-refractivity contribution in [1.82, 2.24) is 0 Å². The fourth-order valence-electron chi connectivity index (χ4n) is 1.69. The monoisotopic (exact) mass is 240 g/mol. The summed E-state index contributed by atoms with van der Waals surface area (Å²) in [4.78, 5) is 11.3. The summed E-state index contributed by atoms with van der Waals surface area (Å²) in [6.07, 6.45) is 0. The van der Waals surface area contributed by atoms with Gasteiger partial charge in [0, 0.05) is 5.56 Å². The Bertz CT molecular complexity index is 585. The van der Waals surface area contributed by atoms with Crippen molar-refractivity contribution in [3.05, 3.63) is 59.2 Å². The average molecular weight is 240 g/mol. The zero-order chi connectivity index (χ0) is 13.1. The number of ketones is 1. The molecule has 0 spiro atoms. The molecule has 2 aromatic carbocycles. The first-order valence-corrected chi connectivity index (χ1v) is 5.92. The Labute approximate surface area is 107 Å². The van der Waals surface area contributed by atoms with Crippen molar-refractivity contribution < 1.29 is 9.53 Å². The molecule has 2 nitrogen and oxygen atoms in total. The summed E-state index contributed by atoms with van der Waals surface area (Å²) in [5, 5.41) is 0. The van der Waals surface area contributed by atoms with Crippen molar-refractivity contribution in [3.63, 3.8) is 0 Å². The molecule has 0 aromatic heterocycles. The number of carbonyl (C=O) groups excluding carboxylic acids is 1. The van der Waals surface area contributed by atoms with Crippen LogP contribution in [0, 0.1) is 13.8 Å². The molecule has 2 heteroatoms. The molecule has 0 fully saturated rings. The van der Waals surface area contributed by atoms with Gasteiger partial charge in [-0.25, -0.2) is 0 Å². The van der Waals surface area contributed by atoms with Crippen molar-refractivity contribution >= 4 is 5.78 Å². The topological polar surface area (TPSA) is 26.3 Å². The lowest BCUT2D eigenvalue weighted by Crippen LogP contribution is -1.93. The predicted molar refractivity (Wildman–Crippen MR) is 72.4 cm³/mol. The van der Waals surface area contributed by atoms with Crippen LogP contribution in [-0.2, 0) is 0 Å². The van der Waals surface area contributed by atoms with E-state index in [0.717, 1.165) is 5.75 Å². The summed E-state index contributed by atoms with van der Waals surface area (Å²) >= 11 is 0. The maximum Gasteiger partial charge on any atom is 0.159 e. The summed E-state index contributed by atoms with van der Waals surface area (Å²) in [6, 6.07) is 13.2. The summed E-state index contributed by atoms with van der Waals surface area (Å²) < 4.78 is 5.75. The summed E-state index contributed by atoms with van der Waals surface area (Å²) in [6.45, 7) is 5.67. The first-order valence-electron chi connectivity index (χ1n) is 5.92. The van der Waals surface area contributed by atoms with Crippen LogP contribution >= 0.6 is 0 Å². The van der Waals surface area contributed by atoms with E-state index in [9.17, 15) is 4.79 Å². The molecule has 0 atom stereocenters. The second-order valence-corrected chi connectivity index (χ2v) is 4.43. The van der Waals surface area contributed by atoms with E-state index in [-0.39, 0.29) is 5.78 Å². The standard InChI is InChI=1S/C16H16O2/c1-11-7-8-16(9-12(11)2)18-15-6-4-5-14(10-15)13(3)17/h4-10H,1-3H3. The van der Waals surface area contributed by atoms with Crippen LogP contribution in [-0.4, -0.2) is 5.78 Å². The Hall–Kier alpha value is -2.09. The van der Waals surface area contributed by atoms with E-state index in [1.807, 2.05) is 37.3 Å². The first-order chi connectivity index (χ1) is 8.56. The number of benzene rings is 2. The zero-order valence-corrected chi connectivity index (χ0v) is 10.9. The van der Waals surface area contributed by atoms with E-state index in [1.165, 1.54) is 11.1 Å². The molecule has 0 radical (unpaired) electrons.